The van der Waals surface area contributed by atoms with Gasteiger partial charge >= 0.3 is 0 Å². The summed E-state index contributed by atoms with van der Waals surface area (Å²) in [4.78, 5) is 0. The molecular weight excluding hydrogens is 282 g/mol. The van der Waals surface area contributed by atoms with E-state index in [-0.39, 0.29) is 6.23 Å². The summed E-state index contributed by atoms with van der Waals surface area (Å²) in [6.07, 6.45) is 23.1. The van der Waals surface area contributed by atoms with E-state index in [0.717, 1.165) is 13.0 Å². The maximum absolute atomic E-state index is 9.37. The van der Waals surface area contributed by atoms with Gasteiger partial charge in [0.05, 0.1) is 0 Å². The maximum atomic E-state index is 9.37. The summed E-state index contributed by atoms with van der Waals surface area (Å²) in [7, 11) is 0. The third-order valence-corrected chi connectivity index (χ3v) is 4.80. The first-order chi connectivity index (χ1) is 11.3. The lowest BCUT2D eigenvalue weighted by Gasteiger charge is -2.09. The van der Waals surface area contributed by atoms with Crippen molar-refractivity contribution in [1.29, 1.82) is 0 Å². The first kappa shape index (κ1) is 22.9. The summed E-state index contributed by atoms with van der Waals surface area (Å²) in [5.41, 5.74) is 0. The SMILES string of the molecule is CCCCCCCCCCCCCCCCCCN[C@@H](O)CC. The Hall–Kier alpha value is -0.0800. The van der Waals surface area contributed by atoms with Crippen LogP contribution in [-0.4, -0.2) is 17.9 Å². The molecule has 0 aliphatic heterocycles. The number of nitrogens with one attached hydrogen (secondary N) is 1. The fraction of sp³-hybridized carbons (Fsp3) is 1.00. The Kier molecular flexibility index (Phi) is 19.9. The van der Waals surface area contributed by atoms with Gasteiger partial charge in [-0.25, -0.2) is 0 Å². The molecule has 0 aliphatic rings. The Morgan fingerprint density at radius 2 is 0.913 bits per heavy atom. The molecule has 23 heavy (non-hydrogen) atoms. The lowest BCUT2D eigenvalue weighted by Crippen LogP contribution is -2.28. The van der Waals surface area contributed by atoms with Crippen molar-refractivity contribution in [2.45, 2.75) is 129 Å². The standard InChI is InChI=1S/C21H45NO/c1-3-5-6-7-8-9-10-11-12-13-14-15-16-17-18-19-20-22-21(23)4-2/h21-23H,3-20H2,1-2H3/t21-/m0/s1. The second-order valence-electron chi connectivity index (χ2n) is 7.18. The van der Waals surface area contributed by atoms with Crippen molar-refractivity contribution in [3.05, 3.63) is 0 Å². The Balaban J connectivity index is 2.97. The van der Waals surface area contributed by atoms with Gasteiger partial charge in [-0.2, -0.15) is 0 Å². The number of rotatable bonds is 19. The van der Waals surface area contributed by atoms with Crippen molar-refractivity contribution in [1.82, 2.24) is 5.32 Å². The second kappa shape index (κ2) is 20.0. The van der Waals surface area contributed by atoms with Gasteiger partial charge in [-0.15, -0.1) is 0 Å². The average Bonchev–Trinajstić information content (AvgIpc) is 2.57. The second-order valence-corrected chi connectivity index (χ2v) is 7.18. The Labute approximate surface area is 146 Å². The van der Waals surface area contributed by atoms with Crippen molar-refractivity contribution >= 4 is 0 Å². The van der Waals surface area contributed by atoms with E-state index in [2.05, 4.69) is 12.2 Å². The van der Waals surface area contributed by atoms with Crippen LogP contribution in [0.5, 0.6) is 0 Å². The smallest absolute Gasteiger partial charge is 0.104 e. The monoisotopic (exact) mass is 327 g/mol. The minimum Gasteiger partial charge on any atom is -0.379 e. The average molecular weight is 328 g/mol. The van der Waals surface area contributed by atoms with Crippen molar-refractivity contribution in [3.8, 4) is 0 Å². The molecule has 1 atom stereocenters. The van der Waals surface area contributed by atoms with Crippen LogP contribution < -0.4 is 5.32 Å². The van der Waals surface area contributed by atoms with E-state index in [1.807, 2.05) is 6.92 Å². The molecule has 0 aromatic carbocycles. The largest absolute Gasteiger partial charge is 0.379 e. The van der Waals surface area contributed by atoms with Crippen LogP contribution in [0, 0.1) is 0 Å². The summed E-state index contributed by atoms with van der Waals surface area (Å²) in [5.74, 6) is 0. The molecule has 0 rings (SSSR count). The molecule has 2 heteroatoms. The first-order valence-electron chi connectivity index (χ1n) is 10.7. The first-order valence-corrected chi connectivity index (χ1v) is 10.7. The van der Waals surface area contributed by atoms with Gasteiger partial charge in [0, 0.05) is 0 Å². The van der Waals surface area contributed by atoms with Gasteiger partial charge in [0.2, 0.25) is 0 Å². The lowest BCUT2D eigenvalue weighted by molar-refractivity contribution is 0.133. The van der Waals surface area contributed by atoms with Crippen LogP contribution in [0.25, 0.3) is 0 Å². The molecular formula is C21H45NO. The van der Waals surface area contributed by atoms with Crippen molar-refractivity contribution < 1.29 is 5.11 Å². The van der Waals surface area contributed by atoms with Crippen molar-refractivity contribution in [3.63, 3.8) is 0 Å². The highest BCUT2D eigenvalue weighted by molar-refractivity contribution is 4.53. The Morgan fingerprint density at radius 1 is 0.565 bits per heavy atom. The Bertz CT molecular complexity index is 208. The maximum Gasteiger partial charge on any atom is 0.104 e. The predicted molar refractivity (Wildman–Crippen MR) is 104 cm³/mol. The molecule has 2 N–H and O–H groups in total. The molecule has 0 spiro atoms. The van der Waals surface area contributed by atoms with Crippen LogP contribution in [0.2, 0.25) is 0 Å². The van der Waals surface area contributed by atoms with Crippen LogP contribution in [0.4, 0.5) is 0 Å². The third kappa shape index (κ3) is 19.9. The zero-order valence-electron chi connectivity index (χ0n) is 16.3. The predicted octanol–water partition coefficient (Wildman–Crippen LogP) is 6.57. The number of aliphatic hydroxyl groups is 1. The van der Waals surface area contributed by atoms with Gasteiger partial charge in [-0.1, -0.05) is 110 Å². The van der Waals surface area contributed by atoms with Gasteiger partial charge in [-0.3, -0.25) is 5.32 Å². The van der Waals surface area contributed by atoms with Gasteiger partial charge in [0.1, 0.15) is 6.23 Å². The van der Waals surface area contributed by atoms with Crippen LogP contribution in [0.15, 0.2) is 0 Å². The quantitative estimate of drug-likeness (QED) is 0.208. The molecule has 0 aliphatic carbocycles. The number of hydrogen-bond acceptors (Lipinski definition) is 2. The number of unbranched alkanes of at least 4 members (excludes halogenated alkanes) is 15. The molecule has 0 fully saturated rings. The summed E-state index contributed by atoms with van der Waals surface area (Å²) in [6.45, 7) is 5.26. The van der Waals surface area contributed by atoms with E-state index in [1.165, 1.54) is 103 Å². The molecule has 0 unspecified atom stereocenters. The van der Waals surface area contributed by atoms with Crippen LogP contribution in [0.3, 0.4) is 0 Å². The highest BCUT2D eigenvalue weighted by Gasteiger charge is 1.98. The third-order valence-electron chi connectivity index (χ3n) is 4.80. The zero-order chi connectivity index (χ0) is 17.0. The van der Waals surface area contributed by atoms with Gasteiger partial charge in [-0.05, 0) is 19.4 Å². The number of aliphatic hydroxyl groups excluding tert-OH is 1. The molecule has 0 aromatic rings. The van der Waals surface area contributed by atoms with E-state index in [0.29, 0.717) is 0 Å². The van der Waals surface area contributed by atoms with Gasteiger partial charge in [0.25, 0.3) is 0 Å². The molecule has 0 saturated heterocycles. The molecule has 0 saturated carbocycles. The van der Waals surface area contributed by atoms with E-state index in [9.17, 15) is 5.11 Å². The normalized spacial score (nSPS) is 12.7. The summed E-state index contributed by atoms with van der Waals surface area (Å²) >= 11 is 0. The number of hydrogen-bond donors (Lipinski definition) is 2. The fourth-order valence-corrected chi connectivity index (χ4v) is 3.09. The Morgan fingerprint density at radius 3 is 1.26 bits per heavy atom. The van der Waals surface area contributed by atoms with Crippen molar-refractivity contribution in [2.75, 3.05) is 6.54 Å². The fourth-order valence-electron chi connectivity index (χ4n) is 3.09. The van der Waals surface area contributed by atoms with Crippen LogP contribution in [-0.2, 0) is 0 Å². The molecule has 0 heterocycles. The van der Waals surface area contributed by atoms with E-state index < -0.39 is 0 Å². The van der Waals surface area contributed by atoms with E-state index in [4.69, 9.17) is 0 Å². The summed E-state index contributed by atoms with van der Waals surface area (Å²) < 4.78 is 0. The van der Waals surface area contributed by atoms with Gasteiger partial charge < -0.3 is 5.11 Å². The molecule has 140 valence electrons. The minimum absolute atomic E-state index is 0.300. The zero-order valence-corrected chi connectivity index (χ0v) is 16.3. The molecule has 0 amide bonds. The van der Waals surface area contributed by atoms with Gasteiger partial charge in [0.15, 0.2) is 0 Å². The van der Waals surface area contributed by atoms with Crippen LogP contribution in [0.1, 0.15) is 123 Å². The molecule has 2 nitrogen and oxygen atoms in total. The summed E-state index contributed by atoms with van der Waals surface area (Å²) in [6, 6.07) is 0. The molecule has 0 bridgehead atoms. The highest BCUT2D eigenvalue weighted by atomic mass is 16.3. The highest BCUT2D eigenvalue weighted by Crippen LogP contribution is 2.13. The molecule has 0 radical (unpaired) electrons. The van der Waals surface area contributed by atoms with E-state index in [1.54, 1.807) is 0 Å². The molecule has 0 aromatic heterocycles. The topological polar surface area (TPSA) is 32.3 Å². The van der Waals surface area contributed by atoms with E-state index >= 15 is 0 Å². The van der Waals surface area contributed by atoms with Crippen LogP contribution >= 0.6 is 0 Å². The minimum atomic E-state index is -0.300. The summed E-state index contributed by atoms with van der Waals surface area (Å²) in [5, 5.41) is 12.5. The van der Waals surface area contributed by atoms with Crippen molar-refractivity contribution in [2.24, 2.45) is 0 Å². The lowest BCUT2D eigenvalue weighted by atomic mass is 10.0.